The van der Waals surface area contributed by atoms with Crippen LogP contribution >= 0.6 is 11.6 Å². The summed E-state index contributed by atoms with van der Waals surface area (Å²) in [5, 5.41) is 7.96. The maximum absolute atomic E-state index is 14.0. The lowest BCUT2D eigenvalue weighted by atomic mass is 9.78. The van der Waals surface area contributed by atoms with Crippen molar-refractivity contribution in [3.05, 3.63) is 111 Å². The number of carbonyl (C=O) groups is 1. The van der Waals surface area contributed by atoms with Gasteiger partial charge in [-0.05, 0) is 61.1 Å². The van der Waals surface area contributed by atoms with Crippen molar-refractivity contribution in [2.45, 2.75) is 62.9 Å². The van der Waals surface area contributed by atoms with E-state index in [2.05, 4.69) is 16.7 Å². The number of rotatable bonds is 9. The largest absolute Gasteiger partial charge is 0.484 e. The van der Waals surface area contributed by atoms with Gasteiger partial charge in [0.25, 0.3) is 5.91 Å². The van der Waals surface area contributed by atoms with Crippen LogP contribution in [0.15, 0.2) is 72.3 Å². The van der Waals surface area contributed by atoms with E-state index in [0.29, 0.717) is 37.5 Å². The van der Waals surface area contributed by atoms with Crippen LogP contribution in [0.2, 0.25) is 5.02 Å². The zero-order valence-corrected chi connectivity index (χ0v) is 24.1. The third kappa shape index (κ3) is 5.80. The summed E-state index contributed by atoms with van der Waals surface area (Å²) in [5.41, 5.74) is 3.37. The summed E-state index contributed by atoms with van der Waals surface area (Å²) in [6.45, 7) is 3.55. The summed E-state index contributed by atoms with van der Waals surface area (Å²) in [6.07, 6.45) is 4.57. The number of benzene rings is 3. The van der Waals surface area contributed by atoms with Gasteiger partial charge in [-0.1, -0.05) is 60.1 Å². The Morgan fingerprint density at radius 1 is 1.07 bits per heavy atom. The van der Waals surface area contributed by atoms with E-state index in [9.17, 15) is 18.0 Å². The van der Waals surface area contributed by atoms with Crippen LogP contribution in [0.3, 0.4) is 0 Å². The van der Waals surface area contributed by atoms with Gasteiger partial charge in [-0.2, -0.15) is 4.39 Å². The average Bonchev–Trinajstić information content (AvgIpc) is 3.83. The molecular formula is C33H33ClF3N3O2. The molecule has 0 radical (unpaired) electrons. The number of piperazine rings is 1. The van der Waals surface area contributed by atoms with Crippen LogP contribution in [0, 0.1) is 17.5 Å². The Hall–Kier alpha value is -3.33. The molecule has 1 saturated carbocycles. The third-order valence-electron chi connectivity index (χ3n) is 8.42. The van der Waals surface area contributed by atoms with Crippen LogP contribution in [0.5, 0.6) is 5.75 Å². The molecule has 2 aliphatic heterocycles. The van der Waals surface area contributed by atoms with E-state index in [4.69, 9.17) is 16.3 Å². The first-order valence-corrected chi connectivity index (χ1v) is 14.7. The maximum atomic E-state index is 14.0. The van der Waals surface area contributed by atoms with Gasteiger partial charge in [0.1, 0.15) is 6.10 Å². The molecule has 6 rings (SSSR count). The Morgan fingerprint density at radius 3 is 2.55 bits per heavy atom. The van der Waals surface area contributed by atoms with Gasteiger partial charge in [0.2, 0.25) is 5.82 Å². The molecule has 3 aromatic rings. The molecule has 0 spiro atoms. The zero-order valence-electron chi connectivity index (χ0n) is 23.3. The molecule has 1 saturated heterocycles. The second-order valence-electron chi connectivity index (χ2n) is 11.5. The van der Waals surface area contributed by atoms with Crippen molar-refractivity contribution in [3.8, 4) is 5.75 Å². The smallest absolute Gasteiger partial charge is 0.251 e. The van der Waals surface area contributed by atoms with Crippen LogP contribution < -0.4 is 15.4 Å². The standard InChI is InChI=1S/C33H33ClF3N3O2/c1-20(42-31-28(36)13-12-27(35)30(31)37)16-21-6-8-23(9-7-21)33-15-14-25(29(39-33)17-38-19-33)32(41)40(24-10-11-24)18-22-4-2-3-5-26(22)34/h2-9,12-14,20,24,29,38-39H,10-11,15-19H2,1H3. The molecule has 0 aromatic heterocycles. The summed E-state index contributed by atoms with van der Waals surface area (Å²) < 4.78 is 47.0. The van der Waals surface area contributed by atoms with E-state index in [1.54, 1.807) is 6.92 Å². The quantitative estimate of drug-likeness (QED) is 0.296. The van der Waals surface area contributed by atoms with Crippen molar-refractivity contribution >= 4 is 17.5 Å². The molecule has 3 atom stereocenters. The van der Waals surface area contributed by atoms with Gasteiger partial charge in [-0.25, -0.2) is 8.78 Å². The minimum atomic E-state index is -1.32. The van der Waals surface area contributed by atoms with E-state index < -0.39 is 29.3 Å². The molecule has 2 heterocycles. The molecule has 42 heavy (non-hydrogen) atoms. The normalized spacial score (nSPS) is 22.3. The number of ether oxygens (including phenoxy) is 1. The Balaban J connectivity index is 1.15. The Morgan fingerprint density at radius 2 is 1.81 bits per heavy atom. The fourth-order valence-corrected chi connectivity index (χ4v) is 6.23. The lowest BCUT2D eigenvalue weighted by Gasteiger charge is -2.47. The highest BCUT2D eigenvalue weighted by atomic mass is 35.5. The predicted molar refractivity (Wildman–Crippen MR) is 156 cm³/mol. The van der Waals surface area contributed by atoms with Gasteiger partial charge >= 0.3 is 0 Å². The molecule has 3 unspecified atom stereocenters. The molecule has 3 aromatic carbocycles. The minimum Gasteiger partial charge on any atom is -0.484 e. The van der Waals surface area contributed by atoms with E-state index in [-0.39, 0.29) is 23.5 Å². The zero-order chi connectivity index (χ0) is 29.4. The highest BCUT2D eigenvalue weighted by Gasteiger charge is 2.44. The SMILES string of the molecule is CC(Cc1ccc(C23CC=C(C(=O)N(Cc4ccccc4Cl)C4CC4)C(CNC2)N3)cc1)Oc1c(F)ccc(F)c1F. The summed E-state index contributed by atoms with van der Waals surface area (Å²) in [4.78, 5) is 15.8. The molecule has 3 aliphatic rings. The Labute approximate surface area is 248 Å². The van der Waals surface area contributed by atoms with Crippen molar-refractivity contribution < 1.29 is 22.7 Å². The first-order chi connectivity index (χ1) is 20.2. The number of carbonyl (C=O) groups excluding carboxylic acids is 1. The van der Waals surface area contributed by atoms with Gasteiger partial charge in [0.15, 0.2) is 17.4 Å². The van der Waals surface area contributed by atoms with E-state index in [1.807, 2.05) is 53.4 Å². The molecule has 2 N–H and O–H groups in total. The maximum Gasteiger partial charge on any atom is 0.251 e. The molecule has 5 nitrogen and oxygen atoms in total. The highest BCUT2D eigenvalue weighted by molar-refractivity contribution is 6.31. The van der Waals surface area contributed by atoms with Crippen molar-refractivity contribution in [3.63, 3.8) is 0 Å². The topological polar surface area (TPSA) is 53.6 Å². The molecule has 2 bridgehead atoms. The number of halogens is 4. The van der Waals surface area contributed by atoms with Crippen LogP contribution in [-0.4, -0.2) is 42.1 Å². The number of amides is 1. The number of nitrogens with one attached hydrogen (secondary N) is 2. The molecule has 2 fully saturated rings. The lowest BCUT2D eigenvalue weighted by Crippen LogP contribution is -2.65. The third-order valence-corrected chi connectivity index (χ3v) is 8.78. The monoisotopic (exact) mass is 595 g/mol. The molecule has 220 valence electrons. The lowest BCUT2D eigenvalue weighted by molar-refractivity contribution is -0.129. The second-order valence-corrected chi connectivity index (χ2v) is 11.9. The van der Waals surface area contributed by atoms with Crippen LogP contribution in [0.1, 0.15) is 42.9 Å². The van der Waals surface area contributed by atoms with E-state index >= 15 is 0 Å². The first-order valence-electron chi connectivity index (χ1n) is 14.4. The average molecular weight is 596 g/mol. The van der Waals surface area contributed by atoms with Gasteiger partial charge in [0.05, 0.1) is 11.6 Å². The summed E-state index contributed by atoms with van der Waals surface area (Å²) in [6, 6.07) is 17.4. The van der Waals surface area contributed by atoms with Crippen molar-refractivity contribution in [2.24, 2.45) is 0 Å². The highest BCUT2D eigenvalue weighted by Crippen LogP contribution is 2.37. The molecular weight excluding hydrogens is 563 g/mol. The van der Waals surface area contributed by atoms with Crippen molar-refractivity contribution in [2.75, 3.05) is 13.1 Å². The fraction of sp³-hybridized carbons (Fsp3) is 0.364. The van der Waals surface area contributed by atoms with Crippen molar-refractivity contribution in [1.82, 2.24) is 15.5 Å². The van der Waals surface area contributed by atoms with E-state index in [0.717, 1.165) is 47.2 Å². The second kappa shape index (κ2) is 11.7. The van der Waals surface area contributed by atoms with Crippen molar-refractivity contribution in [1.29, 1.82) is 0 Å². The van der Waals surface area contributed by atoms with Crippen LogP contribution in [0.4, 0.5) is 13.2 Å². The van der Waals surface area contributed by atoms with E-state index in [1.165, 1.54) is 0 Å². The van der Waals surface area contributed by atoms with Gasteiger partial charge in [-0.15, -0.1) is 0 Å². The molecule has 1 aliphatic carbocycles. The summed E-state index contributed by atoms with van der Waals surface area (Å²) >= 11 is 6.42. The van der Waals surface area contributed by atoms with Gasteiger partial charge in [0, 0.05) is 42.7 Å². The first kappa shape index (κ1) is 28.8. The predicted octanol–water partition coefficient (Wildman–Crippen LogP) is 6.05. The summed E-state index contributed by atoms with van der Waals surface area (Å²) in [7, 11) is 0. The van der Waals surface area contributed by atoms with Crippen LogP contribution in [-0.2, 0) is 23.3 Å². The Bertz CT molecular complexity index is 1510. The van der Waals surface area contributed by atoms with Gasteiger partial charge in [-0.3, -0.25) is 10.1 Å². The number of nitrogens with zero attached hydrogens (tertiary/aromatic N) is 1. The molecule has 1 amide bonds. The number of fused-ring (bicyclic) bond motifs is 2. The van der Waals surface area contributed by atoms with Gasteiger partial charge < -0.3 is 15.0 Å². The number of hydrogen-bond donors (Lipinski definition) is 2. The minimum absolute atomic E-state index is 0.0581. The summed E-state index contributed by atoms with van der Waals surface area (Å²) in [5.74, 6) is -4.06. The Kier molecular flexibility index (Phi) is 8.05. The fourth-order valence-electron chi connectivity index (χ4n) is 6.03. The van der Waals surface area contributed by atoms with Crippen LogP contribution in [0.25, 0.3) is 0 Å². The number of hydrogen-bond acceptors (Lipinski definition) is 4. The molecule has 9 heteroatoms.